The Balaban J connectivity index is 2.49. The van der Waals surface area contributed by atoms with Crippen LogP contribution in [-0.2, 0) is 5.41 Å². The van der Waals surface area contributed by atoms with Crippen molar-refractivity contribution in [2.24, 2.45) is 5.73 Å². The molecule has 1 nitrogen and oxygen atoms in total. The van der Waals surface area contributed by atoms with Gasteiger partial charge in [-0.2, -0.15) is 0 Å². The number of allylic oxidation sites excluding steroid dienone is 8. The minimum atomic E-state index is -0.0271. The molecule has 1 aromatic carbocycles. The van der Waals surface area contributed by atoms with Crippen LogP contribution >= 0.6 is 0 Å². The van der Waals surface area contributed by atoms with Gasteiger partial charge in [-0.1, -0.05) is 69.0 Å². The molecule has 1 heteroatoms. The van der Waals surface area contributed by atoms with E-state index in [1.807, 2.05) is 12.2 Å². The molecule has 108 valence electrons. The van der Waals surface area contributed by atoms with Gasteiger partial charge in [0.25, 0.3) is 0 Å². The smallest absolute Gasteiger partial charge is 0.00905 e. The van der Waals surface area contributed by atoms with Gasteiger partial charge in [0.2, 0.25) is 0 Å². The summed E-state index contributed by atoms with van der Waals surface area (Å²) in [5.74, 6) is 0. The van der Waals surface area contributed by atoms with Gasteiger partial charge in [-0.15, -0.1) is 0 Å². The van der Waals surface area contributed by atoms with Gasteiger partial charge in [0, 0.05) is 5.41 Å². The first-order valence-electron chi connectivity index (χ1n) is 7.21. The second kappa shape index (κ2) is 6.01. The third kappa shape index (κ3) is 3.25. The van der Waals surface area contributed by atoms with E-state index in [-0.39, 0.29) is 5.41 Å². The standard InChI is InChI=1S/C20H23N/c1-15(9-7-8-12-21)17-13-16(2)18-10-5-6-11-19(18)20(3,4)14-17/h5-14H,1,21H2,2-4H3/b9-7-,12-8-. The maximum atomic E-state index is 5.35. The Kier molecular flexibility index (Phi) is 4.32. The molecule has 0 atom stereocenters. The number of rotatable bonds is 3. The van der Waals surface area contributed by atoms with E-state index >= 15 is 0 Å². The van der Waals surface area contributed by atoms with Gasteiger partial charge < -0.3 is 5.73 Å². The Morgan fingerprint density at radius 3 is 2.62 bits per heavy atom. The third-order valence-corrected chi connectivity index (χ3v) is 3.82. The summed E-state index contributed by atoms with van der Waals surface area (Å²) in [7, 11) is 0. The Morgan fingerprint density at radius 1 is 1.19 bits per heavy atom. The zero-order valence-electron chi connectivity index (χ0n) is 13.1. The zero-order valence-corrected chi connectivity index (χ0v) is 13.1. The van der Waals surface area contributed by atoms with E-state index in [0.29, 0.717) is 0 Å². The van der Waals surface area contributed by atoms with Crippen LogP contribution in [0.4, 0.5) is 0 Å². The van der Waals surface area contributed by atoms with Crippen LogP contribution in [-0.4, -0.2) is 0 Å². The monoisotopic (exact) mass is 277 g/mol. The van der Waals surface area contributed by atoms with E-state index < -0.39 is 0 Å². The van der Waals surface area contributed by atoms with Crippen LogP contribution in [0.25, 0.3) is 5.57 Å². The summed E-state index contributed by atoms with van der Waals surface area (Å²) in [6.45, 7) is 10.8. The van der Waals surface area contributed by atoms with Crippen molar-refractivity contribution in [3.05, 3.63) is 89.7 Å². The van der Waals surface area contributed by atoms with Crippen molar-refractivity contribution in [2.75, 3.05) is 0 Å². The van der Waals surface area contributed by atoms with Gasteiger partial charge in [0.15, 0.2) is 0 Å². The third-order valence-electron chi connectivity index (χ3n) is 3.82. The summed E-state index contributed by atoms with van der Waals surface area (Å²) in [6.07, 6.45) is 11.7. The number of benzene rings is 1. The highest BCUT2D eigenvalue weighted by atomic mass is 14.5. The molecule has 1 aliphatic rings. The number of fused-ring (bicyclic) bond motifs is 1. The van der Waals surface area contributed by atoms with E-state index in [0.717, 1.165) is 11.1 Å². The zero-order chi connectivity index (χ0) is 15.5. The summed E-state index contributed by atoms with van der Waals surface area (Å²) < 4.78 is 0. The summed E-state index contributed by atoms with van der Waals surface area (Å²) in [4.78, 5) is 0. The predicted molar refractivity (Wildman–Crippen MR) is 92.8 cm³/mol. The van der Waals surface area contributed by atoms with Crippen molar-refractivity contribution < 1.29 is 0 Å². The molecule has 0 aliphatic heterocycles. The maximum Gasteiger partial charge on any atom is 0.00905 e. The molecule has 0 radical (unpaired) electrons. The highest BCUT2D eigenvalue weighted by molar-refractivity contribution is 5.74. The number of hydrogen-bond donors (Lipinski definition) is 1. The molecule has 0 unspecified atom stereocenters. The van der Waals surface area contributed by atoms with E-state index in [9.17, 15) is 0 Å². The van der Waals surface area contributed by atoms with Crippen molar-refractivity contribution in [1.82, 2.24) is 0 Å². The quantitative estimate of drug-likeness (QED) is 0.782. The molecule has 0 fully saturated rings. The first kappa shape index (κ1) is 15.1. The summed E-state index contributed by atoms with van der Waals surface area (Å²) >= 11 is 0. The second-order valence-corrected chi connectivity index (χ2v) is 5.96. The van der Waals surface area contributed by atoms with E-state index in [1.165, 1.54) is 22.9 Å². The van der Waals surface area contributed by atoms with Crippen LogP contribution in [0.3, 0.4) is 0 Å². The molecular formula is C20H23N. The van der Waals surface area contributed by atoms with Gasteiger partial charge in [-0.25, -0.2) is 0 Å². The first-order valence-corrected chi connectivity index (χ1v) is 7.21. The first-order chi connectivity index (χ1) is 9.95. The van der Waals surface area contributed by atoms with Gasteiger partial charge in [-0.3, -0.25) is 0 Å². The maximum absolute atomic E-state index is 5.35. The average molecular weight is 277 g/mol. The fraction of sp³-hybridized carbons (Fsp3) is 0.200. The lowest BCUT2D eigenvalue weighted by molar-refractivity contribution is 0.666. The molecular weight excluding hydrogens is 254 g/mol. The van der Waals surface area contributed by atoms with Crippen molar-refractivity contribution in [3.63, 3.8) is 0 Å². The molecule has 1 aliphatic carbocycles. The SMILES string of the molecule is C=C(/C=C\C=C/N)C1=CC(C)(C)c2ccccc2C(C)=C1. The molecule has 0 bridgehead atoms. The predicted octanol–water partition coefficient (Wildman–Crippen LogP) is 4.89. The van der Waals surface area contributed by atoms with E-state index in [2.05, 4.69) is 63.8 Å². The van der Waals surface area contributed by atoms with Crippen molar-refractivity contribution in [3.8, 4) is 0 Å². The van der Waals surface area contributed by atoms with Crippen LogP contribution in [0.1, 0.15) is 31.9 Å². The lowest BCUT2D eigenvalue weighted by Gasteiger charge is -2.23. The molecule has 0 heterocycles. The van der Waals surface area contributed by atoms with Crippen molar-refractivity contribution >= 4 is 5.57 Å². The van der Waals surface area contributed by atoms with E-state index in [4.69, 9.17) is 5.73 Å². The number of hydrogen-bond acceptors (Lipinski definition) is 1. The fourth-order valence-electron chi connectivity index (χ4n) is 2.73. The molecule has 21 heavy (non-hydrogen) atoms. The summed E-state index contributed by atoms with van der Waals surface area (Å²) in [5, 5.41) is 0. The van der Waals surface area contributed by atoms with Crippen molar-refractivity contribution in [1.29, 1.82) is 0 Å². The summed E-state index contributed by atoms with van der Waals surface area (Å²) in [5.41, 5.74) is 11.4. The second-order valence-electron chi connectivity index (χ2n) is 5.96. The van der Waals surface area contributed by atoms with Crippen LogP contribution in [0.15, 0.2) is 78.6 Å². The Bertz CT molecular complexity index is 667. The van der Waals surface area contributed by atoms with Crippen LogP contribution in [0.5, 0.6) is 0 Å². The normalized spacial score (nSPS) is 17.3. The van der Waals surface area contributed by atoms with E-state index in [1.54, 1.807) is 6.08 Å². The molecule has 0 saturated carbocycles. The minimum Gasteiger partial charge on any atom is -0.405 e. The largest absolute Gasteiger partial charge is 0.405 e. The van der Waals surface area contributed by atoms with Crippen LogP contribution in [0.2, 0.25) is 0 Å². The van der Waals surface area contributed by atoms with Gasteiger partial charge >= 0.3 is 0 Å². The molecule has 0 spiro atoms. The van der Waals surface area contributed by atoms with Gasteiger partial charge in [0.1, 0.15) is 0 Å². The minimum absolute atomic E-state index is 0.0271. The molecule has 0 amide bonds. The Labute approximate surface area is 127 Å². The lowest BCUT2D eigenvalue weighted by Crippen LogP contribution is -2.15. The van der Waals surface area contributed by atoms with Gasteiger partial charge in [-0.05, 0) is 47.0 Å². The molecule has 0 saturated heterocycles. The highest BCUT2D eigenvalue weighted by Crippen LogP contribution is 2.37. The van der Waals surface area contributed by atoms with Crippen molar-refractivity contribution in [2.45, 2.75) is 26.2 Å². The molecule has 0 aromatic heterocycles. The molecule has 2 N–H and O–H groups in total. The Hall–Kier alpha value is -2.28. The molecule has 2 rings (SSSR count). The Morgan fingerprint density at radius 2 is 1.90 bits per heavy atom. The number of nitrogens with two attached hydrogens (primary N) is 1. The molecule has 1 aromatic rings. The highest BCUT2D eigenvalue weighted by Gasteiger charge is 2.24. The topological polar surface area (TPSA) is 26.0 Å². The average Bonchev–Trinajstić information content (AvgIpc) is 2.55. The van der Waals surface area contributed by atoms with Crippen LogP contribution < -0.4 is 5.73 Å². The lowest BCUT2D eigenvalue weighted by atomic mass is 9.80. The van der Waals surface area contributed by atoms with Gasteiger partial charge in [0.05, 0.1) is 0 Å². The van der Waals surface area contributed by atoms with Crippen LogP contribution in [0, 0.1) is 0 Å². The fourth-order valence-corrected chi connectivity index (χ4v) is 2.73. The summed E-state index contributed by atoms with van der Waals surface area (Å²) in [6, 6.07) is 8.60.